The molecule has 0 unspecified atom stereocenters. The summed E-state index contributed by atoms with van der Waals surface area (Å²) in [7, 11) is 3.33. The maximum atomic E-state index is 5.60. The Morgan fingerprint density at radius 1 is 1.18 bits per heavy atom. The minimum Gasteiger partial charge on any atom is -0.497 e. The molecule has 0 aliphatic carbocycles. The molecule has 0 saturated heterocycles. The van der Waals surface area contributed by atoms with Crippen LogP contribution in [0.4, 0.5) is 0 Å². The second kappa shape index (κ2) is 8.20. The Labute approximate surface area is 108 Å². The van der Waals surface area contributed by atoms with E-state index in [9.17, 15) is 0 Å². The zero-order valence-corrected chi connectivity index (χ0v) is 11.2. The highest BCUT2D eigenvalue weighted by molar-refractivity contribution is 6.17. The molecule has 0 heterocycles. The van der Waals surface area contributed by atoms with Crippen molar-refractivity contribution < 1.29 is 9.47 Å². The highest BCUT2D eigenvalue weighted by Crippen LogP contribution is 2.24. The molecule has 1 aromatic rings. The fourth-order valence-corrected chi connectivity index (χ4v) is 1.73. The molecule has 0 bridgehead atoms. The molecule has 96 valence electrons. The van der Waals surface area contributed by atoms with E-state index in [2.05, 4.69) is 5.32 Å². The lowest BCUT2D eigenvalue weighted by atomic mass is 10.1. The van der Waals surface area contributed by atoms with Crippen molar-refractivity contribution in [1.82, 2.24) is 5.32 Å². The number of ether oxygens (including phenoxy) is 2. The van der Waals surface area contributed by atoms with E-state index in [1.165, 1.54) is 5.56 Å². The molecular formula is C13H20ClNO2. The third kappa shape index (κ3) is 4.84. The number of hydrogen-bond acceptors (Lipinski definition) is 3. The van der Waals surface area contributed by atoms with Crippen molar-refractivity contribution in [2.24, 2.45) is 0 Å². The van der Waals surface area contributed by atoms with Gasteiger partial charge >= 0.3 is 0 Å². The van der Waals surface area contributed by atoms with E-state index in [0.717, 1.165) is 37.4 Å². The summed E-state index contributed by atoms with van der Waals surface area (Å²) in [6.07, 6.45) is 1.94. The molecular weight excluding hydrogens is 238 g/mol. The van der Waals surface area contributed by atoms with Gasteiger partial charge in [-0.2, -0.15) is 0 Å². The van der Waals surface area contributed by atoms with Gasteiger partial charge < -0.3 is 14.8 Å². The zero-order valence-electron chi connectivity index (χ0n) is 10.5. The second-order valence-electron chi connectivity index (χ2n) is 3.72. The lowest BCUT2D eigenvalue weighted by Gasteiger charge is -2.10. The van der Waals surface area contributed by atoms with Crippen LogP contribution in [0.25, 0.3) is 0 Å². The highest BCUT2D eigenvalue weighted by Gasteiger charge is 2.04. The summed E-state index contributed by atoms with van der Waals surface area (Å²) in [5.74, 6) is 2.41. The van der Waals surface area contributed by atoms with E-state index in [1.807, 2.05) is 18.2 Å². The van der Waals surface area contributed by atoms with Crippen LogP contribution < -0.4 is 14.8 Å². The van der Waals surface area contributed by atoms with Crippen LogP contribution in [0.5, 0.6) is 11.5 Å². The number of halogens is 1. The molecule has 0 aliphatic heterocycles. The van der Waals surface area contributed by atoms with Crippen LogP contribution in [-0.4, -0.2) is 33.2 Å². The minimum atomic E-state index is 0.707. The summed E-state index contributed by atoms with van der Waals surface area (Å²) in [6.45, 7) is 1.89. The van der Waals surface area contributed by atoms with Gasteiger partial charge in [-0.15, -0.1) is 11.6 Å². The Hall–Kier alpha value is -0.930. The molecule has 0 aliphatic rings. The highest BCUT2D eigenvalue weighted by atomic mass is 35.5. The van der Waals surface area contributed by atoms with Crippen molar-refractivity contribution in [3.05, 3.63) is 23.8 Å². The maximum Gasteiger partial charge on any atom is 0.125 e. The number of alkyl halides is 1. The van der Waals surface area contributed by atoms with E-state index in [1.54, 1.807) is 14.2 Å². The summed E-state index contributed by atoms with van der Waals surface area (Å²) in [6, 6.07) is 5.91. The molecule has 17 heavy (non-hydrogen) atoms. The van der Waals surface area contributed by atoms with Gasteiger partial charge in [-0.3, -0.25) is 0 Å². The summed E-state index contributed by atoms with van der Waals surface area (Å²) < 4.78 is 10.5. The van der Waals surface area contributed by atoms with Crippen LogP contribution in [0.3, 0.4) is 0 Å². The van der Waals surface area contributed by atoms with Gasteiger partial charge in [0.05, 0.1) is 14.2 Å². The van der Waals surface area contributed by atoms with Crippen LogP contribution in [0, 0.1) is 0 Å². The van der Waals surface area contributed by atoms with Gasteiger partial charge in [0, 0.05) is 11.9 Å². The van der Waals surface area contributed by atoms with Gasteiger partial charge in [0.1, 0.15) is 11.5 Å². The summed E-state index contributed by atoms with van der Waals surface area (Å²) in [5.41, 5.74) is 1.19. The molecule has 0 spiro atoms. The fourth-order valence-electron chi connectivity index (χ4n) is 1.60. The predicted octanol–water partition coefficient (Wildman–Crippen LogP) is 2.46. The number of benzene rings is 1. The molecule has 0 amide bonds. The number of nitrogens with one attached hydrogen (secondary N) is 1. The Bertz CT molecular complexity index is 331. The Morgan fingerprint density at radius 2 is 2.00 bits per heavy atom. The third-order valence-corrected chi connectivity index (χ3v) is 2.82. The predicted molar refractivity (Wildman–Crippen MR) is 71.5 cm³/mol. The Morgan fingerprint density at radius 3 is 2.65 bits per heavy atom. The maximum absolute atomic E-state index is 5.60. The fraction of sp³-hybridized carbons (Fsp3) is 0.538. The van der Waals surface area contributed by atoms with Gasteiger partial charge in [-0.25, -0.2) is 0 Å². The zero-order chi connectivity index (χ0) is 12.5. The molecule has 1 N–H and O–H groups in total. The van der Waals surface area contributed by atoms with Gasteiger partial charge in [-0.1, -0.05) is 6.07 Å². The van der Waals surface area contributed by atoms with E-state index in [-0.39, 0.29) is 0 Å². The third-order valence-electron chi connectivity index (χ3n) is 2.55. The Kier molecular flexibility index (Phi) is 6.82. The molecule has 0 radical (unpaired) electrons. The van der Waals surface area contributed by atoms with E-state index >= 15 is 0 Å². The van der Waals surface area contributed by atoms with Gasteiger partial charge in [-0.05, 0) is 37.6 Å². The first-order valence-corrected chi connectivity index (χ1v) is 6.33. The first-order valence-electron chi connectivity index (χ1n) is 5.79. The van der Waals surface area contributed by atoms with Gasteiger partial charge in [0.15, 0.2) is 0 Å². The van der Waals surface area contributed by atoms with Crippen LogP contribution in [0.2, 0.25) is 0 Å². The van der Waals surface area contributed by atoms with Crippen molar-refractivity contribution in [2.45, 2.75) is 12.8 Å². The van der Waals surface area contributed by atoms with Crippen LogP contribution in [0.15, 0.2) is 18.2 Å². The molecule has 1 aromatic carbocycles. The molecule has 4 heteroatoms. The van der Waals surface area contributed by atoms with Crippen molar-refractivity contribution in [3.63, 3.8) is 0 Å². The molecule has 1 rings (SSSR count). The van der Waals surface area contributed by atoms with Gasteiger partial charge in [0.2, 0.25) is 0 Å². The van der Waals surface area contributed by atoms with Gasteiger partial charge in [0.25, 0.3) is 0 Å². The van der Waals surface area contributed by atoms with Crippen LogP contribution >= 0.6 is 11.6 Å². The summed E-state index contributed by atoms with van der Waals surface area (Å²) >= 11 is 5.60. The first kappa shape index (κ1) is 14.1. The largest absolute Gasteiger partial charge is 0.497 e. The first-order chi connectivity index (χ1) is 8.31. The molecule has 0 saturated carbocycles. The van der Waals surface area contributed by atoms with E-state index < -0.39 is 0 Å². The topological polar surface area (TPSA) is 30.5 Å². The number of rotatable bonds is 8. The number of methoxy groups -OCH3 is 2. The van der Waals surface area contributed by atoms with E-state index in [4.69, 9.17) is 21.1 Å². The van der Waals surface area contributed by atoms with Crippen LogP contribution in [-0.2, 0) is 6.42 Å². The molecule has 0 atom stereocenters. The monoisotopic (exact) mass is 257 g/mol. The average molecular weight is 258 g/mol. The van der Waals surface area contributed by atoms with Crippen molar-refractivity contribution in [3.8, 4) is 11.5 Å². The minimum absolute atomic E-state index is 0.707. The smallest absolute Gasteiger partial charge is 0.125 e. The Balaban J connectivity index is 2.46. The summed E-state index contributed by atoms with van der Waals surface area (Å²) in [4.78, 5) is 0. The second-order valence-corrected chi connectivity index (χ2v) is 4.10. The lowest BCUT2D eigenvalue weighted by molar-refractivity contribution is 0.390. The average Bonchev–Trinajstić information content (AvgIpc) is 2.38. The van der Waals surface area contributed by atoms with Crippen molar-refractivity contribution in [1.29, 1.82) is 0 Å². The summed E-state index contributed by atoms with van der Waals surface area (Å²) in [5, 5.41) is 3.34. The van der Waals surface area contributed by atoms with Crippen molar-refractivity contribution in [2.75, 3.05) is 33.2 Å². The molecule has 0 fully saturated rings. The number of hydrogen-bond donors (Lipinski definition) is 1. The van der Waals surface area contributed by atoms with Crippen molar-refractivity contribution >= 4 is 11.6 Å². The standard InChI is InChI=1S/C13H20ClNO2/c1-16-12-5-4-11(13(10-12)17-2)6-9-15-8-3-7-14/h4-5,10,15H,3,6-9H2,1-2H3. The van der Waals surface area contributed by atoms with Crippen LogP contribution in [0.1, 0.15) is 12.0 Å². The molecule has 3 nitrogen and oxygen atoms in total. The SMILES string of the molecule is COc1ccc(CCNCCCCl)c(OC)c1. The molecule has 0 aromatic heterocycles. The van der Waals surface area contributed by atoms with E-state index in [0.29, 0.717) is 5.88 Å². The quantitative estimate of drug-likeness (QED) is 0.573. The lowest BCUT2D eigenvalue weighted by Crippen LogP contribution is -2.19. The normalized spacial score (nSPS) is 10.3.